The number of hydrogen-bond acceptors (Lipinski definition) is 1. The fraction of sp³-hybridized carbons (Fsp3) is 1.00. The standard InChI is InChI=1S/C24H47N/c1-21(2,3)18-11-12-19(15-18)23(7,8)13-14-24(9,10)20-16-25(17-20)22(4,5)6/h18-20H,11-17H2,1-10H3. The van der Waals surface area contributed by atoms with Crippen LogP contribution in [0.3, 0.4) is 0 Å². The summed E-state index contributed by atoms with van der Waals surface area (Å²) in [7, 11) is 0. The van der Waals surface area contributed by atoms with Gasteiger partial charge in [-0.05, 0) is 86.9 Å². The maximum absolute atomic E-state index is 2.65. The lowest BCUT2D eigenvalue weighted by Gasteiger charge is -2.54. The van der Waals surface area contributed by atoms with Gasteiger partial charge < -0.3 is 0 Å². The van der Waals surface area contributed by atoms with Gasteiger partial charge in [-0.25, -0.2) is 0 Å². The zero-order valence-corrected chi connectivity index (χ0v) is 19.1. The molecule has 0 aromatic carbocycles. The summed E-state index contributed by atoms with van der Waals surface area (Å²) in [5.74, 6) is 2.74. The minimum atomic E-state index is 0.345. The van der Waals surface area contributed by atoms with Gasteiger partial charge in [0.05, 0.1) is 0 Å². The van der Waals surface area contributed by atoms with E-state index in [1.807, 2.05) is 0 Å². The van der Waals surface area contributed by atoms with Crippen molar-refractivity contribution in [3.63, 3.8) is 0 Å². The second kappa shape index (κ2) is 6.84. The smallest absolute Gasteiger partial charge is 0.0125 e. The first kappa shape index (κ1) is 21.3. The van der Waals surface area contributed by atoms with Crippen LogP contribution in [0, 0.1) is 34.0 Å². The summed E-state index contributed by atoms with van der Waals surface area (Å²) in [5.41, 5.74) is 1.83. The molecule has 1 aliphatic carbocycles. The first-order valence-electron chi connectivity index (χ1n) is 10.9. The Morgan fingerprint density at radius 1 is 0.640 bits per heavy atom. The van der Waals surface area contributed by atoms with Gasteiger partial charge in [0.15, 0.2) is 0 Å². The van der Waals surface area contributed by atoms with Crippen molar-refractivity contribution in [1.82, 2.24) is 4.90 Å². The topological polar surface area (TPSA) is 3.24 Å². The van der Waals surface area contributed by atoms with E-state index in [4.69, 9.17) is 0 Å². The van der Waals surface area contributed by atoms with E-state index in [-0.39, 0.29) is 0 Å². The van der Waals surface area contributed by atoms with Crippen LogP contribution in [-0.4, -0.2) is 23.5 Å². The van der Waals surface area contributed by atoms with Crippen LogP contribution in [0.25, 0.3) is 0 Å². The molecule has 0 radical (unpaired) electrons. The minimum Gasteiger partial charge on any atom is -0.298 e. The molecular formula is C24H47N. The molecule has 0 spiro atoms. The summed E-state index contributed by atoms with van der Waals surface area (Å²) < 4.78 is 0. The highest BCUT2D eigenvalue weighted by molar-refractivity contribution is 4.97. The van der Waals surface area contributed by atoms with Gasteiger partial charge in [-0.15, -0.1) is 0 Å². The van der Waals surface area contributed by atoms with Crippen LogP contribution in [0.15, 0.2) is 0 Å². The first-order valence-corrected chi connectivity index (χ1v) is 10.9. The lowest BCUT2D eigenvalue weighted by molar-refractivity contribution is -0.0480. The van der Waals surface area contributed by atoms with E-state index in [1.54, 1.807) is 0 Å². The van der Waals surface area contributed by atoms with Crippen molar-refractivity contribution in [2.24, 2.45) is 34.0 Å². The molecule has 1 aliphatic heterocycles. The van der Waals surface area contributed by atoms with Gasteiger partial charge in [0.1, 0.15) is 0 Å². The van der Waals surface area contributed by atoms with Crippen LogP contribution in [0.4, 0.5) is 0 Å². The van der Waals surface area contributed by atoms with Crippen molar-refractivity contribution >= 4 is 0 Å². The van der Waals surface area contributed by atoms with Crippen molar-refractivity contribution in [3.05, 3.63) is 0 Å². The maximum Gasteiger partial charge on any atom is 0.0125 e. The molecule has 0 N–H and O–H groups in total. The molecule has 2 aliphatic rings. The van der Waals surface area contributed by atoms with E-state index in [2.05, 4.69) is 74.1 Å². The Balaban J connectivity index is 1.85. The van der Waals surface area contributed by atoms with E-state index >= 15 is 0 Å². The summed E-state index contributed by atoms with van der Waals surface area (Å²) in [6.07, 6.45) is 7.14. The molecule has 148 valence electrons. The molecular weight excluding hydrogens is 302 g/mol. The molecule has 2 unspecified atom stereocenters. The second-order valence-electron chi connectivity index (χ2n) is 12.8. The molecule has 2 atom stereocenters. The highest BCUT2D eigenvalue weighted by atomic mass is 15.2. The zero-order chi connectivity index (χ0) is 19.3. The lowest BCUT2D eigenvalue weighted by atomic mass is 9.65. The van der Waals surface area contributed by atoms with Crippen LogP contribution in [-0.2, 0) is 0 Å². The van der Waals surface area contributed by atoms with Crippen LogP contribution in [0.2, 0.25) is 0 Å². The Hall–Kier alpha value is -0.0400. The molecule has 1 nitrogen and oxygen atoms in total. The molecule has 0 aromatic rings. The minimum absolute atomic E-state index is 0.345. The fourth-order valence-corrected chi connectivity index (χ4v) is 5.05. The quantitative estimate of drug-likeness (QED) is 0.516. The normalized spacial score (nSPS) is 27.6. The van der Waals surface area contributed by atoms with Crippen molar-refractivity contribution in [3.8, 4) is 0 Å². The predicted molar refractivity (Wildman–Crippen MR) is 112 cm³/mol. The van der Waals surface area contributed by atoms with E-state index < -0.39 is 0 Å². The Morgan fingerprint density at radius 2 is 1.08 bits per heavy atom. The first-order chi connectivity index (χ1) is 11.1. The van der Waals surface area contributed by atoms with Crippen molar-refractivity contribution in [2.75, 3.05) is 13.1 Å². The molecule has 1 saturated heterocycles. The Bertz CT molecular complexity index is 440. The number of hydrogen-bond donors (Lipinski definition) is 0. The summed E-state index contributed by atoms with van der Waals surface area (Å²) in [6.45, 7) is 27.1. The van der Waals surface area contributed by atoms with Gasteiger partial charge in [0, 0.05) is 18.6 Å². The summed E-state index contributed by atoms with van der Waals surface area (Å²) in [6, 6.07) is 0. The van der Waals surface area contributed by atoms with Gasteiger partial charge >= 0.3 is 0 Å². The van der Waals surface area contributed by atoms with E-state index in [0.29, 0.717) is 21.8 Å². The third-order valence-corrected chi connectivity index (χ3v) is 8.11. The summed E-state index contributed by atoms with van der Waals surface area (Å²) in [5, 5.41) is 0. The molecule has 25 heavy (non-hydrogen) atoms. The van der Waals surface area contributed by atoms with Crippen LogP contribution in [0.5, 0.6) is 0 Å². The third-order valence-electron chi connectivity index (χ3n) is 8.11. The molecule has 0 amide bonds. The van der Waals surface area contributed by atoms with Gasteiger partial charge in [0.25, 0.3) is 0 Å². The van der Waals surface area contributed by atoms with Gasteiger partial charge in [0.2, 0.25) is 0 Å². The lowest BCUT2D eigenvalue weighted by Crippen LogP contribution is -2.59. The van der Waals surface area contributed by atoms with Crippen LogP contribution < -0.4 is 0 Å². The molecule has 0 bridgehead atoms. The van der Waals surface area contributed by atoms with Gasteiger partial charge in [-0.1, -0.05) is 48.5 Å². The largest absolute Gasteiger partial charge is 0.298 e. The molecule has 0 aromatic heterocycles. The van der Waals surface area contributed by atoms with Crippen molar-refractivity contribution < 1.29 is 0 Å². The fourth-order valence-electron chi connectivity index (χ4n) is 5.05. The van der Waals surface area contributed by atoms with Crippen LogP contribution in [0.1, 0.15) is 101 Å². The summed E-state index contributed by atoms with van der Waals surface area (Å²) >= 11 is 0. The Labute approximate surface area is 159 Å². The molecule has 1 heteroatoms. The number of likely N-dealkylation sites (tertiary alicyclic amines) is 1. The SMILES string of the molecule is CC(C)(C)C1CCC(C(C)(C)CCC(C)(C)C2CN(C(C)(C)C)C2)C1. The Morgan fingerprint density at radius 3 is 1.48 bits per heavy atom. The monoisotopic (exact) mass is 349 g/mol. The van der Waals surface area contributed by atoms with Gasteiger partial charge in [-0.3, -0.25) is 4.90 Å². The molecule has 1 saturated carbocycles. The Kier molecular flexibility index (Phi) is 5.82. The van der Waals surface area contributed by atoms with Crippen molar-refractivity contribution in [2.45, 2.75) is 107 Å². The molecule has 2 fully saturated rings. The van der Waals surface area contributed by atoms with E-state index in [9.17, 15) is 0 Å². The van der Waals surface area contributed by atoms with Gasteiger partial charge in [-0.2, -0.15) is 0 Å². The zero-order valence-electron chi connectivity index (χ0n) is 19.1. The third kappa shape index (κ3) is 5.02. The maximum atomic E-state index is 2.65. The van der Waals surface area contributed by atoms with Crippen molar-refractivity contribution in [1.29, 1.82) is 0 Å². The average molecular weight is 350 g/mol. The second-order valence-corrected chi connectivity index (χ2v) is 12.8. The van der Waals surface area contributed by atoms with Crippen LogP contribution >= 0.6 is 0 Å². The summed E-state index contributed by atoms with van der Waals surface area (Å²) in [4.78, 5) is 2.65. The van der Waals surface area contributed by atoms with E-state index in [0.717, 1.165) is 17.8 Å². The highest BCUT2D eigenvalue weighted by Gasteiger charge is 2.44. The average Bonchev–Trinajstić information content (AvgIpc) is 2.82. The highest BCUT2D eigenvalue weighted by Crippen LogP contribution is 2.51. The number of nitrogens with zero attached hydrogens (tertiary/aromatic N) is 1. The molecule has 1 heterocycles. The number of rotatable bonds is 5. The predicted octanol–water partition coefficient (Wildman–Crippen LogP) is 7.01. The molecule has 2 rings (SSSR count). The van der Waals surface area contributed by atoms with E-state index in [1.165, 1.54) is 45.2 Å².